The first kappa shape index (κ1) is 59.6. The molecule has 0 aromatic heterocycles. The van der Waals surface area contributed by atoms with Gasteiger partial charge >= 0.3 is 17.9 Å². The predicted octanol–water partition coefficient (Wildman–Crippen LogP) is 5.69. The third-order valence-electron chi connectivity index (χ3n) is 12.9. The molecule has 3 aliphatic rings. The zero-order chi connectivity index (χ0) is 53.2. The standard InChI is InChI=1S/C52H75BrO18/c1-13-31-23-35(56)38(53)39(57)37(31)49(63)68-44-30(9)66-51(45(64-12)42(44)60)65-24-33-17-15-16-18-34(55)27(6)22-32(14-2)43(28(7)21-26(5)19-20-36(29(8)54)67-48(33)62)69-50-41(59)40(58)46(52(10,11)71-50)70-47(61)25(3)4/h15-17,19,21-23,25,29-30,32,34,36,40-46,50-51,54-60H,13-14,18,20,24H2,1-12H3/b16-15+,26-19+,27-22+,28-21+,33-17+/t29?,30-,32?,34?,36?,40+,41-,42+,43?,44-,45+,46-,50+,51-/m0/s1. The van der Waals surface area contributed by atoms with Crippen LogP contribution in [0.3, 0.4) is 0 Å². The molecule has 4 rings (SSSR count). The van der Waals surface area contributed by atoms with E-state index in [9.17, 15) is 50.1 Å². The van der Waals surface area contributed by atoms with Gasteiger partial charge in [-0.3, -0.25) is 4.79 Å². The van der Waals surface area contributed by atoms with Crippen molar-refractivity contribution in [1.82, 2.24) is 0 Å². The van der Waals surface area contributed by atoms with Crippen LogP contribution in [0.1, 0.15) is 111 Å². The van der Waals surface area contributed by atoms with Crippen LogP contribution in [-0.4, -0.2) is 153 Å². The highest BCUT2D eigenvalue weighted by molar-refractivity contribution is 9.10. The Balaban J connectivity index is 1.60. The smallest absolute Gasteiger partial charge is 0.342 e. The number of allylic oxidation sites excluding steroid dienone is 4. The summed E-state index contributed by atoms with van der Waals surface area (Å²) in [6, 6.07) is 1.32. The van der Waals surface area contributed by atoms with Crippen molar-refractivity contribution in [2.45, 2.75) is 187 Å². The van der Waals surface area contributed by atoms with Gasteiger partial charge in [-0.2, -0.15) is 0 Å². The monoisotopic (exact) mass is 1070 g/mol. The van der Waals surface area contributed by atoms with Gasteiger partial charge in [-0.15, -0.1) is 0 Å². The predicted molar refractivity (Wildman–Crippen MR) is 263 cm³/mol. The summed E-state index contributed by atoms with van der Waals surface area (Å²) >= 11 is 3.07. The summed E-state index contributed by atoms with van der Waals surface area (Å²) < 4.78 is 47.5. The molecule has 7 N–H and O–H groups in total. The fourth-order valence-electron chi connectivity index (χ4n) is 8.53. The van der Waals surface area contributed by atoms with E-state index in [1.807, 2.05) is 32.9 Å². The number of carbonyl (C=O) groups is 3. The molecule has 0 aliphatic carbocycles. The SMILES string of the molecule is CCc1cc(O)c(Br)c(O)c1C(=O)O[C@@H]1[C@@H](O)[C@@H](OC)[C@@H](OC/C2=C\C=C\CC(O)/C(C)=C/C(CC)C(O[C@@H]3OC(C)(C)[C@@H](OC(=O)C(C)C)[C@H](O)[C@@H]3O)/C(C)=C/C(C)=C/CC(C(C)O)OC2=O)O[C@H]1C. The Labute approximate surface area is 425 Å². The molecule has 0 amide bonds. The number of methoxy groups -OCH3 is 1. The average Bonchev–Trinajstić information content (AvgIpc) is 3.30. The molecule has 1 aromatic rings. The van der Waals surface area contributed by atoms with E-state index < -0.39 is 122 Å². The van der Waals surface area contributed by atoms with Crippen LogP contribution in [0.15, 0.2) is 69.3 Å². The number of carbonyl (C=O) groups excluding carboxylic acids is 3. The molecule has 1 aromatic carbocycles. The Bertz CT molecular complexity index is 2160. The number of benzene rings is 1. The minimum absolute atomic E-state index is 0.0170. The summed E-state index contributed by atoms with van der Waals surface area (Å²) in [5.74, 6) is -4.05. The van der Waals surface area contributed by atoms with Crippen LogP contribution < -0.4 is 0 Å². The van der Waals surface area contributed by atoms with Gasteiger partial charge in [0, 0.05) is 19.4 Å². The molecule has 0 saturated carbocycles. The van der Waals surface area contributed by atoms with Gasteiger partial charge in [-0.25, -0.2) is 9.59 Å². The molecule has 14 atom stereocenters. The average molecular weight is 1070 g/mol. The molecule has 3 aliphatic heterocycles. The lowest BCUT2D eigenvalue weighted by atomic mass is 9.88. The van der Waals surface area contributed by atoms with Crippen molar-refractivity contribution in [1.29, 1.82) is 0 Å². The quantitative estimate of drug-likeness (QED) is 0.0711. The Kier molecular flexibility index (Phi) is 22.1. The molecule has 2 saturated heterocycles. The first-order valence-corrected chi connectivity index (χ1v) is 24.9. The second-order valence-electron chi connectivity index (χ2n) is 19.3. The molecule has 19 heteroatoms. The van der Waals surface area contributed by atoms with Gasteiger partial charge < -0.3 is 73.6 Å². The molecule has 0 spiro atoms. The maximum atomic E-state index is 13.9. The molecule has 18 nitrogen and oxygen atoms in total. The van der Waals surface area contributed by atoms with E-state index in [0.717, 1.165) is 0 Å². The minimum Gasteiger partial charge on any atom is -0.507 e. The van der Waals surface area contributed by atoms with Gasteiger partial charge in [0.05, 0.1) is 42.5 Å². The van der Waals surface area contributed by atoms with Crippen molar-refractivity contribution in [2.75, 3.05) is 13.7 Å². The molecular formula is C52H75BrO18. The van der Waals surface area contributed by atoms with Crippen molar-refractivity contribution in [2.24, 2.45) is 11.8 Å². The van der Waals surface area contributed by atoms with E-state index in [4.69, 9.17) is 37.9 Å². The fraction of sp³-hybridized carbons (Fsp3) is 0.635. The first-order valence-electron chi connectivity index (χ1n) is 24.1. The van der Waals surface area contributed by atoms with Crippen LogP contribution in [0.2, 0.25) is 0 Å². The molecule has 398 valence electrons. The Hall–Kier alpha value is -3.99. The van der Waals surface area contributed by atoms with Crippen LogP contribution in [0, 0.1) is 11.8 Å². The van der Waals surface area contributed by atoms with Crippen molar-refractivity contribution in [3.05, 3.63) is 80.4 Å². The van der Waals surface area contributed by atoms with Crippen molar-refractivity contribution >= 4 is 33.8 Å². The lowest BCUT2D eigenvalue weighted by Crippen LogP contribution is -2.64. The van der Waals surface area contributed by atoms with E-state index >= 15 is 0 Å². The van der Waals surface area contributed by atoms with Crippen LogP contribution >= 0.6 is 15.9 Å². The number of hydrogen-bond acceptors (Lipinski definition) is 18. The Morgan fingerprint density at radius 1 is 0.944 bits per heavy atom. The molecule has 0 bridgehead atoms. The van der Waals surface area contributed by atoms with E-state index in [1.165, 1.54) is 33.1 Å². The normalized spacial score (nSPS) is 35.1. The van der Waals surface area contributed by atoms with Crippen molar-refractivity contribution in [3.8, 4) is 11.5 Å². The number of rotatable bonds is 13. The molecule has 3 heterocycles. The third-order valence-corrected chi connectivity index (χ3v) is 13.7. The van der Waals surface area contributed by atoms with Gasteiger partial charge in [0.1, 0.15) is 57.7 Å². The number of aliphatic hydroxyl groups is 5. The van der Waals surface area contributed by atoms with Crippen molar-refractivity contribution < 1.29 is 88.0 Å². The number of hydrogen-bond donors (Lipinski definition) is 7. The van der Waals surface area contributed by atoms with Gasteiger partial charge in [-0.1, -0.05) is 63.6 Å². The largest absolute Gasteiger partial charge is 0.507 e. The Morgan fingerprint density at radius 2 is 1.62 bits per heavy atom. The number of halogens is 1. The Morgan fingerprint density at radius 3 is 2.23 bits per heavy atom. The summed E-state index contributed by atoms with van der Waals surface area (Å²) in [5, 5.41) is 77.2. The summed E-state index contributed by atoms with van der Waals surface area (Å²) in [7, 11) is 1.29. The number of aromatic hydroxyl groups is 2. The summed E-state index contributed by atoms with van der Waals surface area (Å²) in [6.45, 7) is 18.3. The van der Waals surface area contributed by atoms with Gasteiger partial charge in [-0.05, 0) is 113 Å². The zero-order valence-electron chi connectivity index (χ0n) is 42.7. The molecule has 0 radical (unpaired) electrons. The minimum atomic E-state index is -1.60. The lowest BCUT2D eigenvalue weighted by molar-refractivity contribution is -0.333. The fourth-order valence-corrected chi connectivity index (χ4v) is 8.84. The topological polar surface area (TPSA) is 267 Å². The molecular weight excluding hydrogens is 992 g/mol. The molecule has 71 heavy (non-hydrogen) atoms. The maximum absolute atomic E-state index is 13.9. The van der Waals surface area contributed by atoms with Gasteiger partial charge in [0.15, 0.2) is 24.8 Å². The molecule has 2 fully saturated rings. The van der Waals surface area contributed by atoms with E-state index in [2.05, 4.69) is 15.9 Å². The zero-order valence-corrected chi connectivity index (χ0v) is 44.3. The van der Waals surface area contributed by atoms with E-state index in [1.54, 1.807) is 59.8 Å². The van der Waals surface area contributed by atoms with Gasteiger partial charge in [0.25, 0.3) is 0 Å². The second kappa shape index (κ2) is 26.3. The maximum Gasteiger partial charge on any atom is 0.342 e. The van der Waals surface area contributed by atoms with E-state index in [-0.39, 0.29) is 46.5 Å². The van der Waals surface area contributed by atoms with E-state index in [0.29, 0.717) is 28.7 Å². The highest BCUT2D eigenvalue weighted by Crippen LogP contribution is 2.40. The second-order valence-corrected chi connectivity index (χ2v) is 20.1. The summed E-state index contributed by atoms with van der Waals surface area (Å²) in [4.78, 5) is 39.9. The lowest BCUT2D eigenvalue weighted by Gasteiger charge is -2.47. The number of ether oxygens (including phenoxy) is 8. The number of cyclic esters (lactones) is 1. The summed E-state index contributed by atoms with van der Waals surface area (Å²) in [6.07, 6.45) is -4.84. The summed E-state index contributed by atoms with van der Waals surface area (Å²) in [5.41, 5.74) is 0.815. The number of aliphatic hydroxyl groups excluding tert-OH is 5. The van der Waals surface area contributed by atoms with Gasteiger partial charge in [0.2, 0.25) is 0 Å². The van der Waals surface area contributed by atoms with Crippen LogP contribution in [0.25, 0.3) is 0 Å². The number of phenolic OH excluding ortho intramolecular Hbond substituents is 2. The van der Waals surface area contributed by atoms with Crippen molar-refractivity contribution in [3.63, 3.8) is 0 Å². The third kappa shape index (κ3) is 15.1. The van der Waals surface area contributed by atoms with Crippen LogP contribution in [0.5, 0.6) is 11.5 Å². The number of aryl methyl sites for hydroxylation is 1. The highest BCUT2D eigenvalue weighted by atomic mass is 79.9. The molecule has 5 unspecified atom stereocenters. The number of phenols is 2. The number of esters is 3. The first-order chi connectivity index (χ1) is 33.3. The highest BCUT2D eigenvalue weighted by Gasteiger charge is 2.53. The van der Waals surface area contributed by atoms with Crippen LogP contribution in [-0.2, 0) is 53.9 Å². The van der Waals surface area contributed by atoms with Crippen LogP contribution in [0.4, 0.5) is 0 Å².